The van der Waals surface area contributed by atoms with Crippen molar-refractivity contribution in [1.82, 2.24) is 85.1 Å². The fourth-order valence-corrected chi connectivity index (χ4v) is 12.9. The molecule has 0 saturated carbocycles. The number of halogens is 4. The van der Waals surface area contributed by atoms with Crippen LogP contribution < -0.4 is 27.4 Å². The second kappa shape index (κ2) is 44.0. The number of hydrogen-bond acceptors (Lipinski definition) is 31. The van der Waals surface area contributed by atoms with Crippen molar-refractivity contribution in [2.75, 3.05) is 48.3 Å². The van der Waals surface area contributed by atoms with Gasteiger partial charge in [0.2, 0.25) is 17.8 Å². The van der Waals surface area contributed by atoms with Crippen molar-refractivity contribution in [3.63, 3.8) is 0 Å². The van der Waals surface area contributed by atoms with E-state index in [1.807, 2.05) is 41.2 Å². The molecule has 3 aromatic carbocycles. The fraction of sp³-hybridized carbons (Fsp3) is 0.221. The molecule has 0 bridgehead atoms. The van der Waals surface area contributed by atoms with E-state index in [-0.39, 0.29) is 36.7 Å². The van der Waals surface area contributed by atoms with Crippen LogP contribution in [0, 0.1) is 52.3 Å². The third kappa shape index (κ3) is 27.6. The number of terminal acetylenes is 1. The Kier molecular flexibility index (Phi) is 33.9. The summed E-state index contributed by atoms with van der Waals surface area (Å²) in [5.41, 5.74) is 37.2. The maximum atomic E-state index is 9.16. The van der Waals surface area contributed by atoms with E-state index in [2.05, 4.69) is 122 Å². The Morgan fingerprint density at radius 3 is 1.36 bits per heavy atom. The van der Waals surface area contributed by atoms with Crippen LogP contribution in [0.2, 0.25) is 13.4 Å². The zero-order chi connectivity index (χ0) is 76.9. The summed E-state index contributed by atoms with van der Waals surface area (Å²) in [5.74, 6) is 4.21. The summed E-state index contributed by atoms with van der Waals surface area (Å²) in [4.78, 5) is 79.3. The van der Waals surface area contributed by atoms with Crippen molar-refractivity contribution >= 4 is 127 Å². The Morgan fingerprint density at radius 2 is 0.972 bits per heavy atom. The molecule has 12 aromatic rings. The molecule has 0 unspecified atom stereocenters. The number of piperidine rings is 2. The summed E-state index contributed by atoms with van der Waals surface area (Å²) < 4.78 is 4.91. The lowest BCUT2D eigenvalue weighted by Gasteiger charge is -2.25. The van der Waals surface area contributed by atoms with E-state index < -0.39 is 0 Å². The highest BCUT2D eigenvalue weighted by Gasteiger charge is 2.18. The minimum atomic E-state index is 0.116. The van der Waals surface area contributed by atoms with Gasteiger partial charge in [0, 0.05) is 56.2 Å². The number of anilines is 4. The van der Waals surface area contributed by atoms with Gasteiger partial charge in [0.25, 0.3) is 0 Å². The predicted octanol–water partition coefficient (Wildman–Crippen LogP) is 12.9. The molecule has 2 aliphatic heterocycles. The Bertz CT molecular complexity index is 5170. The Balaban J connectivity index is 0.000000190. The molecule has 542 valence electrons. The first kappa shape index (κ1) is 82.4. The van der Waals surface area contributed by atoms with Gasteiger partial charge in [0.05, 0.1) is 124 Å². The molecule has 0 atom stereocenters. The summed E-state index contributed by atoms with van der Waals surface area (Å²) in [5, 5.41) is 59.1. The largest absolute Gasteiger partial charge is 0.373 e. The van der Waals surface area contributed by atoms with E-state index >= 15 is 0 Å². The third-order valence-electron chi connectivity index (χ3n) is 14.3. The molecule has 107 heavy (non-hydrogen) atoms. The van der Waals surface area contributed by atoms with Gasteiger partial charge in [-0.2, -0.15) is 35.0 Å². The lowest BCUT2D eigenvalue weighted by molar-refractivity contribution is -0.193. The number of hydrogen-bond donors (Lipinski definition) is 4. The molecule has 11 heterocycles. The number of nitrogens with one attached hydrogen (secondary N) is 1. The summed E-state index contributed by atoms with van der Waals surface area (Å²) in [6, 6.07) is 32.9. The second-order valence-electron chi connectivity index (χ2n) is 21.9. The van der Waals surface area contributed by atoms with Crippen molar-refractivity contribution in [2.24, 2.45) is 11.0 Å². The molecule has 31 nitrogen and oxygen atoms in total. The van der Waals surface area contributed by atoms with E-state index in [0.29, 0.717) is 100 Å². The average molecular weight is 1590 g/mol. The van der Waals surface area contributed by atoms with Crippen molar-refractivity contribution in [1.29, 1.82) is 15.8 Å². The molecular formula is C68H59Cl4N27O4S4. The number of alkyl halides is 1. The van der Waals surface area contributed by atoms with Gasteiger partial charge < -0.3 is 27.4 Å². The highest BCUT2D eigenvalue weighted by Crippen LogP contribution is 2.29. The molecular weight excluding hydrogens is 1530 g/mol. The van der Waals surface area contributed by atoms with Crippen molar-refractivity contribution < 1.29 is 19.2 Å². The molecule has 0 radical (unpaired) electrons. The number of rotatable bonds is 13. The number of benzene rings is 3. The van der Waals surface area contributed by atoms with Crippen LogP contribution >= 0.6 is 91.8 Å². The first-order valence-electron chi connectivity index (χ1n) is 31.4. The Morgan fingerprint density at radius 1 is 0.561 bits per heavy atom. The van der Waals surface area contributed by atoms with Gasteiger partial charge in [-0.05, 0) is 111 Å². The lowest BCUT2D eigenvalue weighted by atomic mass is 10.0. The van der Waals surface area contributed by atoms with E-state index in [4.69, 9.17) is 116 Å². The first-order valence-corrected chi connectivity index (χ1v) is 36.6. The molecule has 9 aromatic heterocycles. The monoisotopic (exact) mass is 1590 g/mol. The first-order chi connectivity index (χ1) is 51.9. The van der Waals surface area contributed by atoms with E-state index in [1.54, 1.807) is 99.0 Å². The van der Waals surface area contributed by atoms with E-state index in [1.165, 1.54) is 79.2 Å². The highest BCUT2D eigenvalue weighted by atomic mass is 35.5. The van der Waals surface area contributed by atoms with Gasteiger partial charge >= 0.3 is 12.3 Å². The zero-order valence-electron chi connectivity index (χ0n) is 56.3. The summed E-state index contributed by atoms with van der Waals surface area (Å²) in [7, 11) is 0. The van der Waals surface area contributed by atoms with Crippen LogP contribution in [0.4, 0.5) is 23.0 Å². The summed E-state index contributed by atoms with van der Waals surface area (Å²) >= 11 is 28.0. The van der Waals surface area contributed by atoms with Crippen LogP contribution in [0.1, 0.15) is 84.2 Å². The van der Waals surface area contributed by atoms with Gasteiger partial charge in [-0.3, -0.25) is 0 Å². The number of azide groups is 1. The van der Waals surface area contributed by atoms with Crippen LogP contribution in [0.5, 0.6) is 0 Å². The zero-order valence-corrected chi connectivity index (χ0v) is 62.6. The van der Waals surface area contributed by atoms with Crippen LogP contribution in [0.15, 0.2) is 130 Å². The van der Waals surface area contributed by atoms with E-state index in [0.717, 1.165) is 57.9 Å². The summed E-state index contributed by atoms with van der Waals surface area (Å²) in [6.45, 7) is 8.22. The maximum Gasteiger partial charge on any atom is 0.373 e. The SMILES string of the molecule is C#Cc1cc(-c2cccc(C#N)c2)nc(N)n1.CC1CCNCC1.ClCc1csc(Cl)n1.N#Cc1cccc(-c2cc(-c3cn(Cc4csc(Cl)n4)nn3)nc(N)n2)c1.N#Cc1cccc(-c2cc(-c3cn(Cc4csc(N5CCCCC5)n4)nn3)nc(N)n2)c1.O=C=O.O=C=O.[N-]=[N+]=NCc1csc(Cl)n1. The minimum Gasteiger partial charge on any atom is -0.368 e. The predicted molar refractivity (Wildman–Crippen MR) is 407 cm³/mol. The van der Waals surface area contributed by atoms with Gasteiger partial charge in [-0.15, -0.1) is 73.6 Å². The molecule has 39 heteroatoms. The maximum absolute atomic E-state index is 9.16. The number of nitrogen functional groups attached to an aromatic ring is 3. The standard InChI is InChI=1S/C22H21N9S.C17H11ClN8S.C13H8N4.C6H13N.C4H3Cl2NS.C4H3ClN4S.2CO2/c23-11-15-5-4-6-16(9-15)18-10-19(27-21(24)26-18)20-13-31(29-28-20)12-17-14-32-22(25-17)30-7-2-1-3-8-30;18-16-21-12(9-27-16)7-26-8-15(24-25-26)14-5-13(22-17(20)23-14)11-3-1-2-10(4-11)6-19;1-2-11-7-12(17-13(15)16-11)10-5-3-4-9(6-10)8-14;1-6-2-4-7-5-3-6;5-1-3-2-8-4(6)7-3;5-4-8-3(2-10-4)1-7-9-6;2*2-1-3/h4-6,9-10,13-14H,1-3,7-8,12H2,(H2,24,26,27);1-5,8-9H,7H2,(H2,20,22,23);1,3-7H,(H2,15,16,17);6-7H,2-5H2,1H3;2H,1H2;2H,1H2;;. The number of nitrogens with two attached hydrogens (primary N) is 3. The average Bonchev–Trinajstić information content (AvgIpc) is 1.80. The number of carbonyl (C=O) groups excluding carboxylic acids is 4. The van der Waals surface area contributed by atoms with Crippen LogP contribution in [-0.2, 0) is 44.7 Å². The molecule has 0 spiro atoms. The van der Waals surface area contributed by atoms with Crippen molar-refractivity contribution in [3.05, 3.63) is 194 Å². The quantitative estimate of drug-likeness (QED) is 0.0274. The van der Waals surface area contributed by atoms with Crippen molar-refractivity contribution in [2.45, 2.75) is 64.5 Å². The van der Waals surface area contributed by atoms with Gasteiger partial charge in [0.1, 0.15) is 17.1 Å². The van der Waals surface area contributed by atoms with Crippen molar-refractivity contribution in [3.8, 4) is 87.1 Å². The molecule has 2 fully saturated rings. The lowest BCUT2D eigenvalue weighted by Crippen LogP contribution is -2.29. The molecule has 14 rings (SSSR count). The number of thiazole rings is 4. The number of nitrogens with zero attached hydrogens (tertiary/aromatic N) is 23. The third-order valence-corrected chi connectivity index (χ3v) is 18.6. The Labute approximate surface area is 647 Å². The molecule has 2 saturated heterocycles. The van der Waals surface area contributed by atoms with Gasteiger partial charge in [-0.1, -0.05) is 99.6 Å². The van der Waals surface area contributed by atoms with Gasteiger partial charge in [-0.25, -0.2) is 59.2 Å². The van der Waals surface area contributed by atoms with Crippen LogP contribution in [0.25, 0.3) is 67.0 Å². The minimum absolute atomic E-state index is 0.116. The highest BCUT2D eigenvalue weighted by molar-refractivity contribution is 7.14. The van der Waals surface area contributed by atoms with Crippen LogP contribution in [-0.4, -0.2) is 118 Å². The summed E-state index contributed by atoms with van der Waals surface area (Å²) in [6.07, 6.45) is 15.9. The number of nitriles is 3. The fourth-order valence-electron chi connectivity index (χ4n) is 9.46. The Hall–Kier alpha value is -11.9. The van der Waals surface area contributed by atoms with Gasteiger partial charge in [0.15, 0.2) is 18.5 Å². The molecule has 0 aliphatic carbocycles. The van der Waals surface area contributed by atoms with Crippen LogP contribution in [0.3, 0.4) is 0 Å². The number of aromatic nitrogens is 16. The van der Waals surface area contributed by atoms with E-state index in [9.17, 15) is 0 Å². The second-order valence-corrected chi connectivity index (χ2v) is 27.3. The molecule has 0 amide bonds. The molecule has 7 N–H and O–H groups in total. The normalized spacial score (nSPS) is 11.7. The topological polar surface area (TPSA) is 472 Å². The molecule has 2 aliphatic rings. The smallest absolute Gasteiger partial charge is 0.368 e.